The molecule has 0 radical (unpaired) electrons. The Hall–Kier alpha value is 0.400. The van der Waals surface area contributed by atoms with E-state index >= 15 is 0 Å². The highest BCUT2D eigenvalue weighted by Crippen LogP contribution is 2.44. The van der Waals surface area contributed by atoms with Crippen LogP contribution in [0, 0.1) is 0 Å². The van der Waals surface area contributed by atoms with Gasteiger partial charge in [-0.1, -0.05) is 54.2 Å². The predicted octanol–water partition coefficient (Wildman–Crippen LogP) is 7.80. The van der Waals surface area contributed by atoms with E-state index in [1.165, 1.54) is 26.6 Å². The van der Waals surface area contributed by atoms with Crippen LogP contribution in [-0.4, -0.2) is 12.0 Å². The molecule has 0 saturated heterocycles. The van der Waals surface area contributed by atoms with Crippen LogP contribution in [0.15, 0.2) is 82.9 Å². The lowest BCUT2D eigenvalue weighted by atomic mass is 10.1. The second kappa shape index (κ2) is 12.9. The highest BCUT2D eigenvalue weighted by Gasteiger charge is 2.20. The number of halogens is 4. The van der Waals surface area contributed by atoms with Crippen LogP contribution in [-0.2, 0) is 0 Å². The topological polar surface area (TPSA) is 16.1 Å². The molecule has 0 atom stereocenters. The molecule has 0 bridgehead atoms. The molecule has 0 fully saturated rings. The van der Waals surface area contributed by atoms with Gasteiger partial charge in [0.1, 0.15) is 0 Å². The molecule has 2 heterocycles. The van der Waals surface area contributed by atoms with Crippen molar-refractivity contribution in [2.75, 3.05) is 11.9 Å². The Kier molecular flexibility index (Phi) is 13.0. The van der Waals surface area contributed by atoms with E-state index in [9.17, 15) is 0 Å². The number of fused-ring (bicyclic) bond motifs is 2. The fourth-order valence-corrected chi connectivity index (χ4v) is 3.83. The molecule has 3 aromatic rings. The van der Waals surface area contributed by atoms with Crippen molar-refractivity contribution in [3.8, 4) is 0 Å². The van der Waals surface area contributed by atoms with Crippen molar-refractivity contribution >= 4 is 130 Å². The summed E-state index contributed by atoms with van der Waals surface area (Å²) in [6.07, 6.45) is 8.29. The van der Waals surface area contributed by atoms with Gasteiger partial charge in [-0.05, 0) is 35.9 Å². The Morgan fingerprint density at radius 2 is 1.59 bits per heavy atom. The van der Waals surface area contributed by atoms with Gasteiger partial charge in [-0.15, -0.1) is 95.9 Å². The van der Waals surface area contributed by atoms with Gasteiger partial charge in [0, 0.05) is 23.5 Å². The van der Waals surface area contributed by atoms with E-state index in [4.69, 9.17) is 0 Å². The normalized spacial score (nSPS) is 13.4. The van der Waals surface area contributed by atoms with E-state index in [0.717, 1.165) is 5.52 Å². The second-order valence-corrected chi connectivity index (χ2v) is 6.47. The monoisotopic (exact) mass is 828 g/mol. The highest BCUT2D eigenvalue weighted by atomic mass is 127. The molecule has 1 aliphatic rings. The van der Waals surface area contributed by atoms with Crippen molar-refractivity contribution in [2.45, 2.75) is 4.90 Å². The Labute approximate surface area is 232 Å². The van der Waals surface area contributed by atoms with E-state index in [-0.39, 0.29) is 95.9 Å². The van der Waals surface area contributed by atoms with Crippen molar-refractivity contribution in [1.29, 1.82) is 0 Å². The van der Waals surface area contributed by atoms with Crippen molar-refractivity contribution in [2.24, 2.45) is 0 Å². The quantitative estimate of drug-likeness (QED) is 0.246. The molecule has 0 spiro atoms. The van der Waals surface area contributed by atoms with E-state index in [1.807, 2.05) is 18.3 Å². The number of aromatic nitrogens is 1. The van der Waals surface area contributed by atoms with Gasteiger partial charge in [0.05, 0.1) is 16.2 Å². The number of pyridine rings is 1. The van der Waals surface area contributed by atoms with E-state index in [2.05, 4.69) is 77.6 Å². The molecule has 2 nitrogen and oxygen atoms in total. The SMILES string of the molecule is CN1C(=CC=Cc2ccnc3ccccc23)Sc2ccccc21.I.I.I.I. The van der Waals surface area contributed by atoms with Crippen molar-refractivity contribution in [1.82, 2.24) is 4.98 Å². The molecule has 0 saturated carbocycles. The first kappa shape index (κ1) is 27.4. The largest absolute Gasteiger partial charge is 0.338 e. The van der Waals surface area contributed by atoms with Crippen LogP contribution in [0.4, 0.5) is 5.69 Å². The third kappa shape index (κ3) is 6.19. The van der Waals surface area contributed by atoms with Crippen molar-refractivity contribution in [3.63, 3.8) is 0 Å². The fraction of sp³-hybridized carbons (Fsp3) is 0.0500. The lowest BCUT2D eigenvalue weighted by Gasteiger charge is -2.12. The Morgan fingerprint density at radius 3 is 2.37 bits per heavy atom. The molecule has 27 heavy (non-hydrogen) atoms. The third-order valence-electron chi connectivity index (χ3n) is 3.97. The molecule has 2 aromatic carbocycles. The van der Waals surface area contributed by atoms with Gasteiger partial charge in [0.25, 0.3) is 0 Å². The summed E-state index contributed by atoms with van der Waals surface area (Å²) in [7, 11) is 2.11. The molecule has 144 valence electrons. The van der Waals surface area contributed by atoms with Crippen LogP contribution in [0.2, 0.25) is 0 Å². The number of nitrogens with zero attached hydrogens (tertiary/aromatic N) is 2. The van der Waals surface area contributed by atoms with Crippen LogP contribution in [0.3, 0.4) is 0 Å². The summed E-state index contributed by atoms with van der Waals surface area (Å²) in [6, 6.07) is 18.8. The Bertz CT molecular complexity index is 939. The molecule has 0 unspecified atom stereocenters. The molecule has 7 heteroatoms. The molecule has 4 rings (SSSR count). The second-order valence-electron chi connectivity index (χ2n) is 5.41. The fourth-order valence-electron chi connectivity index (χ4n) is 2.76. The van der Waals surface area contributed by atoms with Crippen LogP contribution < -0.4 is 4.90 Å². The van der Waals surface area contributed by atoms with E-state index in [1.54, 1.807) is 11.8 Å². The highest BCUT2D eigenvalue weighted by molar-refractivity contribution is 14.0. The van der Waals surface area contributed by atoms with Crippen LogP contribution >= 0.6 is 108 Å². The predicted molar refractivity (Wildman–Crippen MR) is 161 cm³/mol. The van der Waals surface area contributed by atoms with Gasteiger partial charge < -0.3 is 4.90 Å². The zero-order valence-electron chi connectivity index (χ0n) is 14.4. The summed E-state index contributed by atoms with van der Waals surface area (Å²) in [5.74, 6) is 0. The minimum atomic E-state index is 0. The average molecular weight is 828 g/mol. The Morgan fingerprint density at radius 1 is 0.889 bits per heavy atom. The number of benzene rings is 2. The summed E-state index contributed by atoms with van der Waals surface area (Å²) < 4.78 is 0. The number of para-hydroxylation sites is 2. The van der Waals surface area contributed by atoms with Gasteiger partial charge in [-0.25, -0.2) is 0 Å². The third-order valence-corrected chi connectivity index (χ3v) is 5.15. The van der Waals surface area contributed by atoms with Crippen LogP contribution in [0.1, 0.15) is 5.56 Å². The average Bonchev–Trinajstić information content (AvgIpc) is 2.92. The lowest BCUT2D eigenvalue weighted by molar-refractivity contribution is 1.17. The van der Waals surface area contributed by atoms with Gasteiger partial charge >= 0.3 is 0 Å². The first-order chi connectivity index (χ1) is 11.3. The maximum atomic E-state index is 4.40. The number of thioether (sulfide) groups is 1. The number of hydrogen-bond donors (Lipinski definition) is 0. The molecular weight excluding hydrogens is 808 g/mol. The summed E-state index contributed by atoms with van der Waals surface area (Å²) >= 11 is 1.81. The minimum Gasteiger partial charge on any atom is -0.338 e. The van der Waals surface area contributed by atoms with Crippen LogP contribution in [0.5, 0.6) is 0 Å². The van der Waals surface area contributed by atoms with Crippen molar-refractivity contribution in [3.05, 3.63) is 83.5 Å². The summed E-state index contributed by atoms with van der Waals surface area (Å²) in [5, 5.41) is 2.42. The maximum absolute atomic E-state index is 4.40. The maximum Gasteiger partial charge on any atom is 0.0798 e. The summed E-state index contributed by atoms with van der Waals surface area (Å²) in [4.78, 5) is 7.95. The zero-order chi connectivity index (χ0) is 15.6. The van der Waals surface area contributed by atoms with E-state index < -0.39 is 0 Å². The first-order valence-electron chi connectivity index (χ1n) is 7.56. The molecule has 1 aliphatic heterocycles. The summed E-state index contributed by atoms with van der Waals surface area (Å²) in [5.41, 5.74) is 3.49. The van der Waals surface area contributed by atoms with Gasteiger partial charge in [-0.2, -0.15) is 0 Å². The standard InChI is InChI=1S/C20H16N2S.4HI/c1-22-18-10-4-5-11-19(18)23-20(22)12-6-7-15-13-14-21-17-9-3-2-8-16(15)17;;;;/h2-14H,1H3;4*1H. The minimum absolute atomic E-state index is 0. The molecule has 0 amide bonds. The van der Waals surface area contributed by atoms with Crippen molar-refractivity contribution < 1.29 is 0 Å². The molecular formula is C20H20I4N2S. The number of anilines is 1. The summed E-state index contributed by atoms with van der Waals surface area (Å²) in [6.45, 7) is 0. The smallest absolute Gasteiger partial charge is 0.0798 e. The van der Waals surface area contributed by atoms with E-state index in [0.29, 0.717) is 0 Å². The molecule has 1 aromatic heterocycles. The van der Waals surface area contributed by atoms with Crippen LogP contribution in [0.25, 0.3) is 17.0 Å². The number of rotatable bonds is 2. The van der Waals surface area contributed by atoms with Gasteiger partial charge in [0.2, 0.25) is 0 Å². The lowest BCUT2D eigenvalue weighted by Crippen LogP contribution is -2.08. The molecule has 0 aliphatic carbocycles. The number of allylic oxidation sites excluding steroid dienone is 2. The number of hydrogen-bond acceptors (Lipinski definition) is 3. The Balaban J connectivity index is 0.00000169. The zero-order valence-corrected chi connectivity index (χ0v) is 24.6. The van der Waals surface area contributed by atoms with Gasteiger partial charge in [-0.3, -0.25) is 4.98 Å². The molecule has 0 N–H and O–H groups in total. The van der Waals surface area contributed by atoms with Gasteiger partial charge in [0.15, 0.2) is 0 Å². The first-order valence-corrected chi connectivity index (χ1v) is 8.37.